The third-order valence-electron chi connectivity index (χ3n) is 5.52. The molecule has 2 aliphatic heterocycles. The number of hydrogen-bond donors (Lipinski definition) is 1. The Morgan fingerprint density at radius 2 is 1.66 bits per heavy atom. The van der Waals surface area contributed by atoms with Crippen LogP contribution in [0.3, 0.4) is 0 Å². The summed E-state index contributed by atoms with van der Waals surface area (Å²) in [6, 6.07) is 17.4. The molecule has 3 amide bonds. The van der Waals surface area contributed by atoms with E-state index in [9.17, 15) is 9.59 Å². The molecule has 0 saturated carbocycles. The van der Waals surface area contributed by atoms with Crippen LogP contribution in [-0.2, 0) is 4.79 Å². The molecule has 2 fully saturated rings. The number of hydrogen-bond acceptors (Lipinski definition) is 4. The predicted molar refractivity (Wildman–Crippen MR) is 113 cm³/mol. The van der Waals surface area contributed by atoms with E-state index in [-0.39, 0.29) is 18.0 Å². The molecule has 2 saturated heterocycles. The molecule has 2 aromatic rings. The quantitative estimate of drug-likeness (QED) is 0.865. The van der Waals surface area contributed by atoms with Gasteiger partial charge in [-0.15, -0.1) is 0 Å². The molecular formula is C22H26N4O3. The van der Waals surface area contributed by atoms with Crippen molar-refractivity contribution in [2.75, 3.05) is 49.6 Å². The van der Waals surface area contributed by atoms with Crippen molar-refractivity contribution in [1.29, 1.82) is 0 Å². The van der Waals surface area contributed by atoms with Crippen LogP contribution in [0.4, 0.5) is 16.2 Å². The number of benzene rings is 2. The summed E-state index contributed by atoms with van der Waals surface area (Å²) in [5.41, 5.74) is 2.01. The fraction of sp³-hybridized carbons (Fsp3) is 0.364. The van der Waals surface area contributed by atoms with Crippen LogP contribution < -0.4 is 19.9 Å². The van der Waals surface area contributed by atoms with Gasteiger partial charge in [0.05, 0.1) is 13.2 Å². The van der Waals surface area contributed by atoms with Crippen LogP contribution in [0.2, 0.25) is 0 Å². The van der Waals surface area contributed by atoms with Gasteiger partial charge in [0.2, 0.25) is 5.91 Å². The van der Waals surface area contributed by atoms with E-state index >= 15 is 0 Å². The minimum absolute atomic E-state index is 0.0226. The summed E-state index contributed by atoms with van der Waals surface area (Å²) in [6.45, 7) is 3.44. The summed E-state index contributed by atoms with van der Waals surface area (Å²) < 4.78 is 5.17. The topological polar surface area (TPSA) is 65.1 Å². The first-order valence-corrected chi connectivity index (χ1v) is 9.94. The zero-order valence-electron chi connectivity index (χ0n) is 16.6. The Morgan fingerprint density at radius 1 is 0.966 bits per heavy atom. The molecule has 0 aliphatic carbocycles. The molecule has 0 unspecified atom stereocenters. The lowest BCUT2D eigenvalue weighted by molar-refractivity contribution is -0.117. The van der Waals surface area contributed by atoms with Gasteiger partial charge in [-0.3, -0.25) is 4.79 Å². The molecule has 152 valence electrons. The second-order valence-corrected chi connectivity index (χ2v) is 7.36. The average molecular weight is 394 g/mol. The van der Waals surface area contributed by atoms with Crippen LogP contribution in [0.15, 0.2) is 54.6 Å². The monoisotopic (exact) mass is 394 g/mol. The third kappa shape index (κ3) is 4.29. The van der Waals surface area contributed by atoms with Gasteiger partial charge in [0.1, 0.15) is 5.75 Å². The number of anilines is 2. The van der Waals surface area contributed by atoms with Crippen LogP contribution in [-0.4, -0.2) is 62.7 Å². The number of nitrogens with one attached hydrogen (secondary N) is 1. The van der Waals surface area contributed by atoms with E-state index in [0.29, 0.717) is 26.1 Å². The maximum absolute atomic E-state index is 12.7. The summed E-state index contributed by atoms with van der Waals surface area (Å²) in [7, 11) is 1.61. The van der Waals surface area contributed by atoms with Gasteiger partial charge in [-0.2, -0.15) is 0 Å². The smallest absolute Gasteiger partial charge is 0.317 e. The number of para-hydroxylation sites is 1. The second kappa shape index (κ2) is 8.43. The molecule has 2 heterocycles. The van der Waals surface area contributed by atoms with Gasteiger partial charge in [-0.05, 0) is 36.4 Å². The fourth-order valence-corrected chi connectivity index (χ4v) is 3.89. The van der Waals surface area contributed by atoms with Crippen molar-refractivity contribution >= 4 is 23.3 Å². The Labute approximate surface area is 170 Å². The molecule has 0 bridgehead atoms. The number of rotatable bonds is 4. The van der Waals surface area contributed by atoms with Gasteiger partial charge in [0, 0.05) is 50.5 Å². The highest BCUT2D eigenvalue weighted by molar-refractivity contribution is 5.96. The van der Waals surface area contributed by atoms with E-state index in [1.54, 1.807) is 12.0 Å². The van der Waals surface area contributed by atoms with Crippen molar-refractivity contribution in [3.05, 3.63) is 54.6 Å². The number of nitrogens with zero attached hydrogens (tertiary/aromatic N) is 3. The average Bonchev–Trinajstić information content (AvgIpc) is 3.14. The van der Waals surface area contributed by atoms with Crippen molar-refractivity contribution in [3.63, 3.8) is 0 Å². The number of amides is 3. The molecule has 4 rings (SSSR count). The van der Waals surface area contributed by atoms with E-state index < -0.39 is 0 Å². The fourth-order valence-electron chi connectivity index (χ4n) is 3.89. The number of carbonyl (C=O) groups is 2. The Morgan fingerprint density at radius 3 is 2.31 bits per heavy atom. The van der Waals surface area contributed by atoms with Gasteiger partial charge in [-0.25, -0.2) is 4.79 Å². The van der Waals surface area contributed by atoms with Crippen LogP contribution in [0.1, 0.15) is 6.42 Å². The highest BCUT2D eigenvalue weighted by Crippen LogP contribution is 2.24. The van der Waals surface area contributed by atoms with Crippen molar-refractivity contribution in [2.24, 2.45) is 0 Å². The molecule has 2 aliphatic rings. The zero-order valence-corrected chi connectivity index (χ0v) is 16.6. The summed E-state index contributed by atoms with van der Waals surface area (Å²) in [4.78, 5) is 30.9. The summed E-state index contributed by atoms with van der Waals surface area (Å²) in [5, 5.41) is 3.04. The van der Waals surface area contributed by atoms with E-state index in [4.69, 9.17) is 4.74 Å². The lowest BCUT2D eigenvalue weighted by Crippen LogP contribution is -2.53. The third-order valence-corrected chi connectivity index (χ3v) is 5.52. The first kappa shape index (κ1) is 19.1. The van der Waals surface area contributed by atoms with Crippen molar-refractivity contribution in [3.8, 4) is 5.75 Å². The van der Waals surface area contributed by atoms with Crippen LogP contribution in [0.5, 0.6) is 5.75 Å². The first-order chi connectivity index (χ1) is 14.1. The highest BCUT2D eigenvalue weighted by atomic mass is 16.5. The normalized spacial score (nSPS) is 19.4. The summed E-state index contributed by atoms with van der Waals surface area (Å²) in [5.74, 6) is 0.772. The van der Waals surface area contributed by atoms with Crippen LogP contribution >= 0.6 is 0 Å². The molecule has 0 spiro atoms. The Balaban J connectivity index is 1.29. The van der Waals surface area contributed by atoms with Crippen molar-refractivity contribution in [2.45, 2.75) is 12.5 Å². The second-order valence-electron chi connectivity index (χ2n) is 7.36. The SMILES string of the molecule is COc1ccc(N2C[C@H](NC(=O)N3CCN(c4ccccc4)CC3)CC2=O)cc1. The molecule has 0 aromatic heterocycles. The maximum atomic E-state index is 12.7. The highest BCUT2D eigenvalue weighted by Gasteiger charge is 2.33. The summed E-state index contributed by atoms with van der Waals surface area (Å²) >= 11 is 0. The molecule has 1 atom stereocenters. The summed E-state index contributed by atoms with van der Waals surface area (Å²) in [6.07, 6.45) is 0.321. The van der Waals surface area contributed by atoms with E-state index in [1.807, 2.05) is 47.4 Å². The molecule has 0 radical (unpaired) electrons. The van der Waals surface area contributed by atoms with E-state index in [2.05, 4.69) is 22.3 Å². The number of methoxy groups -OCH3 is 1. The maximum Gasteiger partial charge on any atom is 0.317 e. The van der Waals surface area contributed by atoms with Crippen molar-refractivity contribution in [1.82, 2.24) is 10.2 Å². The minimum Gasteiger partial charge on any atom is -0.497 e. The number of ether oxygens (including phenoxy) is 1. The largest absolute Gasteiger partial charge is 0.497 e. The molecule has 1 N–H and O–H groups in total. The van der Waals surface area contributed by atoms with Gasteiger partial charge in [0.15, 0.2) is 0 Å². The van der Waals surface area contributed by atoms with Crippen LogP contribution in [0, 0.1) is 0 Å². The lowest BCUT2D eigenvalue weighted by atomic mass is 10.2. The van der Waals surface area contributed by atoms with Crippen LogP contribution in [0.25, 0.3) is 0 Å². The first-order valence-electron chi connectivity index (χ1n) is 9.94. The van der Waals surface area contributed by atoms with Crippen molar-refractivity contribution < 1.29 is 14.3 Å². The van der Waals surface area contributed by atoms with Gasteiger partial charge in [0.25, 0.3) is 0 Å². The zero-order chi connectivity index (χ0) is 20.2. The Kier molecular flexibility index (Phi) is 5.55. The predicted octanol–water partition coefficient (Wildman–Crippen LogP) is 2.33. The van der Waals surface area contributed by atoms with Gasteiger partial charge in [-0.1, -0.05) is 18.2 Å². The molecular weight excluding hydrogens is 368 g/mol. The standard InChI is InChI=1S/C22H26N4O3/c1-29-20-9-7-19(8-10-20)26-16-17(15-21(26)27)23-22(28)25-13-11-24(12-14-25)18-5-3-2-4-6-18/h2-10,17H,11-16H2,1H3,(H,23,28)/t17-/m1/s1. The van der Waals surface area contributed by atoms with E-state index in [0.717, 1.165) is 24.5 Å². The molecule has 7 nitrogen and oxygen atoms in total. The minimum atomic E-state index is -0.177. The molecule has 29 heavy (non-hydrogen) atoms. The molecule has 2 aromatic carbocycles. The number of carbonyl (C=O) groups excluding carboxylic acids is 2. The van der Waals surface area contributed by atoms with Gasteiger partial charge < -0.3 is 24.8 Å². The van der Waals surface area contributed by atoms with Gasteiger partial charge >= 0.3 is 6.03 Å². The number of urea groups is 1. The van der Waals surface area contributed by atoms with E-state index in [1.165, 1.54) is 5.69 Å². The Hall–Kier alpha value is -3.22. The molecule has 7 heteroatoms. The Bertz CT molecular complexity index is 848. The lowest BCUT2D eigenvalue weighted by Gasteiger charge is -2.36. The number of piperazine rings is 1.